The van der Waals surface area contributed by atoms with E-state index < -0.39 is 0 Å². The molecule has 1 atom stereocenters. The van der Waals surface area contributed by atoms with E-state index in [9.17, 15) is 14.4 Å². The quantitative estimate of drug-likeness (QED) is 0.717. The van der Waals surface area contributed by atoms with E-state index in [-0.39, 0.29) is 35.8 Å². The molecule has 1 aliphatic carbocycles. The highest BCUT2D eigenvalue weighted by Crippen LogP contribution is 2.22. The summed E-state index contributed by atoms with van der Waals surface area (Å²) < 4.78 is 5.12. The maximum Gasteiger partial charge on any atom is 0.251 e. The van der Waals surface area contributed by atoms with Crippen LogP contribution >= 0.6 is 0 Å². The van der Waals surface area contributed by atoms with Crippen molar-refractivity contribution in [3.63, 3.8) is 0 Å². The van der Waals surface area contributed by atoms with Gasteiger partial charge in [-0.2, -0.15) is 0 Å². The first kappa shape index (κ1) is 22.1. The van der Waals surface area contributed by atoms with Gasteiger partial charge in [0.05, 0.1) is 7.11 Å². The summed E-state index contributed by atoms with van der Waals surface area (Å²) in [5, 5.41) is 6.24. The minimum absolute atomic E-state index is 0.0253. The molecule has 0 spiro atoms. The van der Waals surface area contributed by atoms with Crippen molar-refractivity contribution in [3.05, 3.63) is 29.8 Å². The predicted octanol–water partition coefficient (Wildman–Crippen LogP) is 2.64. The Balaban J connectivity index is 1.44. The second-order valence-electron chi connectivity index (χ2n) is 8.25. The molecular weight excluding hydrogens is 382 g/mol. The van der Waals surface area contributed by atoms with E-state index in [0.29, 0.717) is 18.5 Å². The van der Waals surface area contributed by atoms with Gasteiger partial charge in [-0.15, -0.1) is 0 Å². The second-order valence-corrected chi connectivity index (χ2v) is 8.25. The number of likely N-dealkylation sites (tertiary alicyclic amines) is 1. The Hall–Kier alpha value is -2.57. The molecule has 1 heterocycles. The first-order valence-corrected chi connectivity index (χ1v) is 11.1. The Bertz CT molecular complexity index is 741. The van der Waals surface area contributed by atoms with Crippen LogP contribution in [-0.2, 0) is 9.59 Å². The highest BCUT2D eigenvalue weighted by atomic mass is 16.5. The molecular formula is C23H33N3O4. The van der Waals surface area contributed by atoms with Gasteiger partial charge in [-0.05, 0) is 69.2 Å². The highest BCUT2D eigenvalue weighted by Gasteiger charge is 2.35. The predicted molar refractivity (Wildman–Crippen MR) is 114 cm³/mol. The molecule has 2 fully saturated rings. The largest absolute Gasteiger partial charge is 0.497 e. The number of hydrogen-bond donors (Lipinski definition) is 2. The minimum Gasteiger partial charge on any atom is -0.497 e. The third-order valence-electron chi connectivity index (χ3n) is 6.10. The summed E-state index contributed by atoms with van der Waals surface area (Å²) in [5.74, 6) is 0.698. The van der Waals surface area contributed by atoms with E-state index in [1.54, 1.807) is 36.3 Å². The monoisotopic (exact) mass is 415 g/mol. The number of nitrogens with zero attached hydrogens (tertiary/aromatic N) is 1. The molecule has 1 aromatic carbocycles. The fourth-order valence-electron chi connectivity index (χ4n) is 4.39. The van der Waals surface area contributed by atoms with E-state index in [0.717, 1.165) is 50.7 Å². The Kier molecular flexibility index (Phi) is 7.71. The Morgan fingerprint density at radius 3 is 2.23 bits per heavy atom. The van der Waals surface area contributed by atoms with E-state index in [4.69, 9.17) is 4.74 Å². The summed E-state index contributed by atoms with van der Waals surface area (Å²) in [6.45, 7) is 2.66. The van der Waals surface area contributed by atoms with Crippen molar-refractivity contribution in [1.82, 2.24) is 15.5 Å². The van der Waals surface area contributed by atoms with Crippen molar-refractivity contribution in [2.24, 2.45) is 0 Å². The van der Waals surface area contributed by atoms with Gasteiger partial charge in [0.1, 0.15) is 11.8 Å². The maximum atomic E-state index is 12.7. The molecule has 0 bridgehead atoms. The van der Waals surface area contributed by atoms with Crippen LogP contribution in [0, 0.1) is 0 Å². The number of rotatable bonds is 7. The average molecular weight is 416 g/mol. The van der Waals surface area contributed by atoms with Gasteiger partial charge in [0.15, 0.2) is 0 Å². The molecule has 7 heteroatoms. The lowest BCUT2D eigenvalue weighted by Crippen LogP contribution is -2.50. The summed E-state index contributed by atoms with van der Waals surface area (Å²) in [4.78, 5) is 39.2. The normalized spacial score (nSPS) is 23.7. The fourth-order valence-corrected chi connectivity index (χ4v) is 4.39. The first-order chi connectivity index (χ1) is 14.5. The van der Waals surface area contributed by atoms with Crippen LogP contribution in [0.2, 0.25) is 0 Å². The Morgan fingerprint density at radius 2 is 1.63 bits per heavy atom. The fraction of sp³-hybridized carbons (Fsp3) is 0.609. The van der Waals surface area contributed by atoms with Crippen LogP contribution in [0.15, 0.2) is 24.3 Å². The molecule has 2 N–H and O–H groups in total. The van der Waals surface area contributed by atoms with Gasteiger partial charge in [0.2, 0.25) is 11.8 Å². The molecule has 7 nitrogen and oxygen atoms in total. The lowest BCUT2D eigenvalue weighted by atomic mass is 9.90. The molecule has 1 saturated heterocycles. The van der Waals surface area contributed by atoms with Crippen molar-refractivity contribution in [3.8, 4) is 5.75 Å². The van der Waals surface area contributed by atoms with Gasteiger partial charge >= 0.3 is 0 Å². The van der Waals surface area contributed by atoms with Gasteiger partial charge in [0.25, 0.3) is 5.91 Å². The summed E-state index contributed by atoms with van der Waals surface area (Å²) in [5.41, 5.74) is 0.615. The van der Waals surface area contributed by atoms with Gasteiger partial charge in [-0.25, -0.2) is 0 Å². The van der Waals surface area contributed by atoms with E-state index in [2.05, 4.69) is 10.6 Å². The SMILES string of the molecule is CCCC(=O)N1CCC[C@H]1C(=O)NC1CCC(NC(=O)c2ccc(OC)cc2)CC1. The molecule has 3 rings (SSSR count). The third kappa shape index (κ3) is 5.52. The molecule has 1 aliphatic heterocycles. The molecule has 1 saturated carbocycles. The molecule has 3 amide bonds. The molecule has 1 aromatic rings. The summed E-state index contributed by atoms with van der Waals surface area (Å²) >= 11 is 0. The topological polar surface area (TPSA) is 87.7 Å². The highest BCUT2D eigenvalue weighted by molar-refractivity contribution is 5.94. The lowest BCUT2D eigenvalue weighted by molar-refractivity contribution is -0.138. The summed E-state index contributed by atoms with van der Waals surface area (Å²) in [6, 6.07) is 6.96. The van der Waals surface area contributed by atoms with Crippen molar-refractivity contribution >= 4 is 17.7 Å². The van der Waals surface area contributed by atoms with Crippen LogP contribution in [-0.4, -0.2) is 54.4 Å². The number of ether oxygens (including phenoxy) is 1. The third-order valence-corrected chi connectivity index (χ3v) is 6.10. The molecule has 0 aromatic heterocycles. The van der Waals surface area contributed by atoms with Gasteiger partial charge < -0.3 is 20.3 Å². The van der Waals surface area contributed by atoms with Gasteiger partial charge in [0, 0.05) is 30.6 Å². The van der Waals surface area contributed by atoms with Crippen LogP contribution in [0.4, 0.5) is 0 Å². The van der Waals surface area contributed by atoms with Gasteiger partial charge in [-0.3, -0.25) is 14.4 Å². The number of methoxy groups -OCH3 is 1. The van der Waals surface area contributed by atoms with Crippen LogP contribution in [0.25, 0.3) is 0 Å². The number of carbonyl (C=O) groups is 3. The Labute approximate surface area is 178 Å². The lowest BCUT2D eigenvalue weighted by Gasteiger charge is -2.31. The number of benzene rings is 1. The zero-order valence-electron chi connectivity index (χ0n) is 18.0. The van der Waals surface area contributed by atoms with E-state index in [1.807, 2.05) is 6.92 Å². The van der Waals surface area contributed by atoms with Gasteiger partial charge in [-0.1, -0.05) is 6.92 Å². The molecule has 0 radical (unpaired) electrons. The molecule has 0 unspecified atom stereocenters. The van der Waals surface area contributed by atoms with Crippen molar-refractivity contribution in [1.29, 1.82) is 0 Å². The van der Waals surface area contributed by atoms with Crippen molar-refractivity contribution < 1.29 is 19.1 Å². The number of nitrogens with one attached hydrogen (secondary N) is 2. The first-order valence-electron chi connectivity index (χ1n) is 11.1. The summed E-state index contributed by atoms with van der Waals surface area (Å²) in [7, 11) is 1.60. The van der Waals surface area contributed by atoms with Crippen LogP contribution in [0.1, 0.15) is 68.6 Å². The van der Waals surface area contributed by atoms with Crippen molar-refractivity contribution in [2.45, 2.75) is 76.4 Å². The van der Waals surface area contributed by atoms with E-state index in [1.165, 1.54) is 0 Å². The van der Waals surface area contributed by atoms with Crippen LogP contribution in [0.3, 0.4) is 0 Å². The standard InChI is InChI=1S/C23H33N3O4/c1-3-5-21(27)26-15-4-6-20(26)23(29)25-18-11-9-17(10-12-18)24-22(28)16-7-13-19(30-2)14-8-16/h7-8,13-14,17-18,20H,3-6,9-12,15H2,1-2H3,(H,24,28)(H,25,29)/t17?,18?,20-/m0/s1. The number of carbonyl (C=O) groups excluding carboxylic acids is 3. The smallest absolute Gasteiger partial charge is 0.251 e. The molecule has 164 valence electrons. The van der Waals surface area contributed by atoms with E-state index >= 15 is 0 Å². The van der Waals surface area contributed by atoms with Crippen LogP contribution < -0.4 is 15.4 Å². The Morgan fingerprint density at radius 1 is 1.00 bits per heavy atom. The number of hydrogen-bond acceptors (Lipinski definition) is 4. The zero-order chi connectivity index (χ0) is 21.5. The zero-order valence-corrected chi connectivity index (χ0v) is 18.0. The minimum atomic E-state index is -0.323. The molecule has 2 aliphatic rings. The van der Waals surface area contributed by atoms with Crippen molar-refractivity contribution in [2.75, 3.05) is 13.7 Å². The average Bonchev–Trinajstić information content (AvgIpc) is 3.25. The second kappa shape index (κ2) is 10.5. The number of amides is 3. The maximum absolute atomic E-state index is 12.7. The molecule has 30 heavy (non-hydrogen) atoms. The summed E-state index contributed by atoms with van der Waals surface area (Å²) in [6.07, 6.45) is 6.25. The van der Waals surface area contributed by atoms with Crippen LogP contribution in [0.5, 0.6) is 5.75 Å².